The van der Waals surface area contributed by atoms with Crippen molar-refractivity contribution in [3.8, 4) is 0 Å². The van der Waals surface area contributed by atoms with E-state index in [0.717, 1.165) is 16.7 Å². The van der Waals surface area contributed by atoms with Crippen LogP contribution in [0.1, 0.15) is 16.7 Å². The second-order valence-corrected chi connectivity index (χ2v) is 9.34. The Kier molecular flexibility index (Phi) is 6.63. The highest BCUT2D eigenvalue weighted by Gasteiger charge is 2.54. The first-order valence-corrected chi connectivity index (χ1v) is 12.1. The fourth-order valence-corrected chi connectivity index (χ4v) is 4.42. The third-order valence-corrected chi connectivity index (χ3v) is 5.81. The molecule has 0 N–H and O–H groups in total. The van der Waals surface area contributed by atoms with E-state index in [9.17, 15) is 17.2 Å². The Bertz CT molecular complexity index is 1060. The maximum absolute atomic E-state index is 14.4. The van der Waals surface area contributed by atoms with Crippen LogP contribution in [0.2, 0.25) is 0 Å². The predicted molar refractivity (Wildman–Crippen MR) is 119 cm³/mol. The van der Waals surface area contributed by atoms with Crippen LogP contribution in [-0.4, -0.2) is 39.6 Å². The van der Waals surface area contributed by atoms with Gasteiger partial charge in [-0.15, -0.1) is 0 Å². The number of rotatable bonds is 8. The Morgan fingerprint density at radius 3 is 1.67 bits per heavy atom. The quantitative estimate of drug-likeness (QED) is 0.355. The highest BCUT2D eigenvalue weighted by Crippen LogP contribution is 2.42. The average molecular weight is 474 g/mol. The van der Waals surface area contributed by atoms with Crippen molar-refractivity contribution in [3.05, 3.63) is 114 Å². The first-order chi connectivity index (χ1) is 15.7. The van der Waals surface area contributed by atoms with Gasteiger partial charge < -0.3 is 9.47 Å². The van der Waals surface area contributed by atoms with Crippen molar-refractivity contribution in [3.63, 3.8) is 0 Å². The first-order valence-electron chi connectivity index (χ1n) is 10.3. The molecule has 33 heavy (non-hydrogen) atoms. The number of ether oxygens (including phenoxy) is 2. The van der Waals surface area contributed by atoms with E-state index in [1.165, 1.54) is 0 Å². The largest absolute Gasteiger partial charge is 0.358 e. The highest BCUT2D eigenvalue weighted by molar-refractivity contribution is 7.86. The summed E-state index contributed by atoms with van der Waals surface area (Å²) in [7, 11) is -4.14. The van der Waals surface area contributed by atoms with Gasteiger partial charge in [0.2, 0.25) is 6.29 Å². The molecule has 1 heterocycles. The molecule has 1 fully saturated rings. The lowest BCUT2D eigenvalue weighted by Gasteiger charge is -2.36. The van der Waals surface area contributed by atoms with Crippen LogP contribution in [0.3, 0.4) is 0 Å². The zero-order chi connectivity index (χ0) is 23.5. The molecule has 3 aromatic rings. The molecule has 1 unspecified atom stereocenters. The summed E-state index contributed by atoms with van der Waals surface area (Å²) in [6, 6.07) is 28.3. The lowest BCUT2D eigenvalue weighted by Crippen LogP contribution is -2.36. The maximum Gasteiger partial charge on any atom is 0.305 e. The van der Waals surface area contributed by atoms with Gasteiger partial charge in [0.25, 0.3) is 10.1 Å². The Morgan fingerprint density at radius 2 is 1.27 bits per heavy atom. The monoisotopic (exact) mass is 473 g/mol. The molecule has 1 aliphatic rings. The molecule has 1 radical (unpaired) electrons. The lowest BCUT2D eigenvalue weighted by molar-refractivity contribution is -0.173. The van der Waals surface area contributed by atoms with Gasteiger partial charge in [-0.25, -0.2) is 13.0 Å². The fraction of sp³-hybridized carbons (Fsp3) is 0.240. The van der Waals surface area contributed by atoms with Crippen molar-refractivity contribution in [1.82, 2.24) is 0 Å². The van der Waals surface area contributed by atoms with Gasteiger partial charge in [0.05, 0.1) is 25.4 Å². The van der Waals surface area contributed by atoms with Crippen molar-refractivity contribution in [2.24, 2.45) is 0 Å². The standard InChI is InChI=1S/C25H23F2O5S/c1-33(28,29)32-23-24(26,27)17-22(31-23)18-30-25(19-11-5-2-6-12-19,20-13-7-3-8-14-20)21-15-9-4-10-16-21/h2-17,22-23H,18H2,1H3/t22-,23?/m1/s1. The van der Waals surface area contributed by atoms with Gasteiger partial charge in [0, 0.05) is 0 Å². The molecule has 0 spiro atoms. The van der Waals surface area contributed by atoms with Crippen molar-refractivity contribution in [2.45, 2.75) is 23.9 Å². The molecule has 1 saturated heterocycles. The van der Waals surface area contributed by atoms with E-state index in [1.807, 2.05) is 91.0 Å². The summed E-state index contributed by atoms with van der Waals surface area (Å²) >= 11 is 0. The summed E-state index contributed by atoms with van der Waals surface area (Å²) in [6.45, 7) is -0.266. The van der Waals surface area contributed by atoms with Gasteiger partial charge in [0.1, 0.15) is 5.60 Å². The van der Waals surface area contributed by atoms with Crippen LogP contribution in [-0.2, 0) is 29.4 Å². The minimum atomic E-state index is -4.14. The SMILES string of the molecule is CS(=O)(=O)OC1O[C@@H](COC(c2ccccc2)(c2ccccc2)c2ccccc2)[CH]C1(F)F. The summed E-state index contributed by atoms with van der Waals surface area (Å²) in [6.07, 6.45) is -2.11. The molecule has 0 aromatic heterocycles. The molecule has 5 nitrogen and oxygen atoms in total. The molecule has 1 aliphatic heterocycles. The van der Waals surface area contributed by atoms with Crippen LogP contribution in [0.15, 0.2) is 91.0 Å². The zero-order valence-electron chi connectivity index (χ0n) is 17.8. The van der Waals surface area contributed by atoms with E-state index in [1.54, 1.807) is 0 Å². The molecule has 2 atom stereocenters. The summed E-state index contributed by atoms with van der Waals surface area (Å²) < 4.78 is 67.6. The van der Waals surface area contributed by atoms with Crippen LogP contribution in [0.4, 0.5) is 8.78 Å². The summed E-state index contributed by atoms with van der Waals surface area (Å²) in [5.41, 5.74) is 1.29. The van der Waals surface area contributed by atoms with Crippen molar-refractivity contribution in [1.29, 1.82) is 0 Å². The number of benzene rings is 3. The molecular formula is C25H23F2O5S. The van der Waals surface area contributed by atoms with E-state index in [4.69, 9.17) is 9.47 Å². The molecule has 4 rings (SSSR count). The van der Waals surface area contributed by atoms with E-state index < -0.39 is 34.0 Å². The van der Waals surface area contributed by atoms with Crippen molar-refractivity contribution in [2.75, 3.05) is 12.9 Å². The van der Waals surface area contributed by atoms with Gasteiger partial charge in [0.15, 0.2) is 0 Å². The Hall–Kier alpha value is -2.65. The molecular weight excluding hydrogens is 450 g/mol. The molecule has 8 heteroatoms. The Labute approximate surface area is 192 Å². The van der Waals surface area contributed by atoms with Crippen molar-refractivity contribution >= 4 is 10.1 Å². The third-order valence-electron chi connectivity index (χ3n) is 5.29. The van der Waals surface area contributed by atoms with Crippen LogP contribution >= 0.6 is 0 Å². The van der Waals surface area contributed by atoms with Crippen LogP contribution in [0.5, 0.6) is 0 Å². The third kappa shape index (κ3) is 5.14. The Morgan fingerprint density at radius 1 is 0.848 bits per heavy atom. The van der Waals surface area contributed by atoms with Crippen LogP contribution in [0.25, 0.3) is 0 Å². The molecule has 0 bridgehead atoms. The van der Waals surface area contributed by atoms with Gasteiger partial charge >= 0.3 is 5.92 Å². The minimum Gasteiger partial charge on any atom is -0.358 e. The number of hydrogen-bond donors (Lipinski definition) is 0. The van der Waals surface area contributed by atoms with E-state index >= 15 is 0 Å². The second-order valence-electron chi connectivity index (χ2n) is 7.74. The summed E-state index contributed by atoms with van der Waals surface area (Å²) in [5, 5.41) is 0. The maximum atomic E-state index is 14.4. The topological polar surface area (TPSA) is 61.8 Å². The van der Waals surface area contributed by atoms with Crippen molar-refractivity contribution < 1.29 is 30.9 Å². The summed E-state index contributed by atoms with van der Waals surface area (Å²) in [4.78, 5) is 0. The van der Waals surface area contributed by atoms with E-state index in [-0.39, 0.29) is 6.61 Å². The van der Waals surface area contributed by atoms with Crippen LogP contribution in [0, 0.1) is 6.42 Å². The predicted octanol–water partition coefficient (Wildman–Crippen LogP) is 4.54. The minimum absolute atomic E-state index is 0.266. The smallest absolute Gasteiger partial charge is 0.305 e. The second kappa shape index (κ2) is 9.30. The average Bonchev–Trinajstić information content (AvgIpc) is 3.08. The summed E-state index contributed by atoms with van der Waals surface area (Å²) in [5.74, 6) is -3.59. The fourth-order valence-electron chi connectivity index (χ4n) is 3.92. The highest BCUT2D eigenvalue weighted by atomic mass is 32.2. The van der Waals surface area contributed by atoms with E-state index in [0.29, 0.717) is 12.7 Å². The van der Waals surface area contributed by atoms with Gasteiger partial charge in [-0.3, -0.25) is 0 Å². The van der Waals surface area contributed by atoms with Gasteiger partial charge in [-0.2, -0.15) is 8.42 Å². The van der Waals surface area contributed by atoms with Crippen LogP contribution < -0.4 is 0 Å². The zero-order valence-corrected chi connectivity index (χ0v) is 18.6. The first kappa shape index (κ1) is 23.5. The van der Waals surface area contributed by atoms with Gasteiger partial charge in [-0.05, 0) is 16.7 Å². The molecule has 0 saturated carbocycles. The van der Waals surface area contributed by atoms with E-state index in [2.05, 4.69) is 4.18 Å². The molecule has 173 valence electrons. The molecule has 0 aliphatic carbocycles. The number of alkyl halides is 2. The lowest BCUT2D eigenvalue weighted by atomic mass is 9.80. The number of halogens is 2. The van der Waals surface area contributed by atoms with Gasteiger partial charge in [-0.1, -0.05) is 91.0 Å². The normalized spacial score (nSPS) is 20.6. The molecule has 3 aromatic carbocycles. The number of hydrogen-bond acceptors (Lipinski definition) is 5. The Balaban J connectivity index is 1.71. The molecule has 0 amide bonds.